The maximum Gasteiger partial charge on any atom is 0.138 e. The summed E-state index contributed by atoms with van der Waals surface area (Å²) in [5.41, 5.74) is 6.96. The minimum absolute atomic E-state index is 0.0424. The SMILES string of the molecule is CCC(C)(C)N(C)c1nc(C(C)(C)C)nc(N)c1C. The van der Waals surface area contributed by atoms with E-state index in [0.29, 0.717) is 5.82 Å². The van der Waals surface area contributed by atoms with Crippen LogP contribution in [0.4, 0.5) is 11.6 Å². The lowest BCUT2D eigenvalue weighted by Gasteiger charge is -2.37. The van der Waals surface area contributed by atoms with Crippen molar-refractivity contribution in [2.75, 3.05) is 17.7 Å². The molecule has 1 heterocycles. The minimum Gasteiger partial charge on any atom is -0.383 e. The molecular formula is C15H28N4. The van der Waals surface area contributed by atoms with Crippen molar-refractivity contribution in [3.05, 3.63) is 11.4 Å². The van der Waals surface area contributed by atoms with Crippen molar-refractivity contribution in [2.45, 2.75) is 65.8 Å². The molecule has 0 spiro atoms. The van der Waals surface area contributed by atoms with Crippen LogP contribution in [0.15, 0.2) is 0 Å². The molecule has 0 amide bonds. The number of nitrogen functional groups attached to an aromatic ring is 1. The molecule has 0 radical (unpaired) electrons. The van der Waals surface area contributed by atoms with Crippen molar-refractivity contribution < 1.29 is 0 Å². The average molecular weight is 264 g/mol. The topological polar surface area (TPSA) is 55.0 Å². The van der Waals surface area contributed by atoms with Crippen LogP contribution in [-0.4, -0.2) is 22.6 Å². The molecule has 2 N–H and O–H groups in total. The highest BCUT2D eigenvalue weighted by Gasteiger charge is 2.27. The molecule has 0 aliphatic carbocycles. The van der Waals surface area contributed by atoms with Gasteiger partial charge in [-0.25, -0.2) is 9.97 Å². The fraction of sp³-hybridized carbons (Fsp3) is 0.733. The Labute approximate surface area is 117 Å². The van der Waals surface area contributed by atoms with Crippen LogP contribution >= 0.6 is 0 Å². The summed E-state index contributed by atoms with van der Waals surface area (Å²) in [7, 11) is 2.07. The van der Waals surface area contributed by atoms with E-state index in [0.717, 1.165) is 23.6 Å². The van der Waals surface area contributed by atoms with E-state index in [2.05, 4.69) is 58.5 Å². The Morgan fingerprint density at radius 2 is 1.63 bits per heavy atom. The van der Waals surface area contributed by atoms with Crippen molar-refractivity contribution in [3.8, 4) is 0 Å². The first kappa shape index (κ1) is 15.7. The van der Waals surface area contributed by atoms with Crippen LogP contribution in [0, 0.1) is 6.92 Å². The van der Waals surface area contributed by atoms with E-state index in [1.165, 1.54) is 0 Å². The van der Waals surface area contributed by atoms with Crippen LogP contribution < -0.4 is 10.6 Å². The predicted octanol–water partition coefficient (Wildman–Crippen LogP) is 3.29. The second kappa shape index (κ2) is 4.99. The zero-order valence-electron chi connectivity index (χ0n) is 13.6. The Balaban J connectivity index is 3.39. The Kier molecular flexibility index (Phi) is 4.13. The van der Waals surface area contributed by atoms with E-state index in [1.54, 1.807) is 0 Å². The van der Waals surface area contributed by atoms with Gasteiger partial charge in [0, 0.05) is 23.6 Å². The number of nitrogens with zero attached hydrogens (tertiary/aromatic N) is 3. The van der Waals surface area contributed by atoms with Gasteiger partial charge in [-0.1, -0.05) is 27.7 Å². The van der Waals surface area contributed by atoms with Crippen LogP contribution in [-0.2, 0) is 5.41 Å². The third-order valence-electron chi connectivity index (χ3n) is 3.92. The molecule has 1 aromatic heterocycles. The molecule has 0 saturated heterocycles. The van der Waals surface area contributed by atoms with Gasteiger partial charge in [0.05, 0.1) is 0 Å². The number of hydrogen-bond donors (Lipinski definition) is 1. The van der Waals surface area contributed by atoms with Gasteiger partial charge in [0.2, 0.25) is 0 Å². The third-order valence-corrected chi connectivity index (χ3v) is 3.92. The second-order valence-electron chi connectivity index (χ2n) is 6.86. The van der Waals surface area contributed by atoms with Crippen molar-refractivity contribution in [1.82, 2.24) is 9.97 Å². The van der Waals surface area contributed by atoms with Crippen LogP contribution in [0.2, 0.25) is 0 Å². The van der Waals surface area contributed by atoms with Gasteiger partial charge in [0.1, 0.15) is 17.5 Å². The zero-order valence-corrected chi connectivity index (χ0v) is 13.6. The fourth-order valence-electron chi connectivity index (χ4n) is 1.71. The predicted molar refractivity (Wildman–Crippen MR) is 82.7 cm³/mol. The Bertz CT molecular complexity index is 458. The highest BCUT2D eigenvalue weighted by Crippen LogP contribution is 2.30. The van der Waals surface area contributed by atoms with Gasteiger partial charge in [0.25, 0.3) is 0 Å². The van der Waals surface area contributed by atoms with Gasteiger partial charge in [-0.2, -0.15) is 0 Å². The van der Waals surface area contributed by atoms with Crippen LogP contribution in [0.3, 0.4) is 0 Å². The van der Waals surface area contributed by atoms with Crippen molar-refractivity contribution in [1.29, 1.82) is 0 Å². The number of hydrogen-bond acceptors (Lipinski definition) is 4. The lowest BCUT2D eigenvalue weighted by molar-refractivity contribution is 0.462. The summed E-state index contributed by atoms with van der Waals surface area (Å²) in [5.74, 6) is 2.31. The van der Waals surface area contributed by atoms with E-state index < -0.39 is 0 Å². The summed E-state index contributed by atoms with van der Waals surface area (Å²) in [5, 5.41) is 0. The standard InChI is InChI=1S/C15H28N4/c1-9-15(6,7)19(8)12-10(2)11(16)17-13(18-12)14(3,4)5/h9H2,1-8H3,(H2,16,17,18). The van der Waals surface area contributed by atoms with Crippen LogP contribution in [0.25, 0.3) is 0 Å². The molecule has 1 rings (SSSR count). The maximum atomic E-state index is 6.06. The summed E-state index contributed by atoms with van der Waals surface area (Å²) < 4.78 is 0. The van der Waals surface area contributed by atoms with Gasteiger partial charge >= 0.3 is 0 Å². The minimum atomic E-state index is -0.103. The van der Waals surface area contributed by atoms with E-state index >= 15 is 0 Å². The number of nitrogens with two attached hydrogens (primary N) is 1. The van der Waals surface area contributed by atoms with E-state index in [-0.39, 0.29) is 11.0 Å². The maximum absolute atomic E-state index is 6.06. The molecule has 4 nitrogen and oxygen atoms in total. The van der Waals surface area contributed by atoms with Gasteiger partial charge in [-0.05, 0) is 27.2 Å². The highest BCUT2D eigenvalue weighted by molar-refractivity contribution is 5.57. The molecule has 0 aliphatic rings. The molecule has 19 heavy (non-hydrogen) atoms. The third kappa shape index (κ3) is 3.17. The molecule has 108 valence electrons. The summed E-state index contributed by atoms with van der Waals surface area (Å²) in [6.45, 7) is 14.9. The zero-order chi connectivity index (χ0) is 15.0. The van der Waals surface area contributed by atoms with E-state index in [9.17, 15) is 0 Å². The number of aromatic nitrogens is 2. The smallest absolute Gasteiger partial charge is 0.138 e. The first-order valence-electron chi connectivity index (χ1n) is 6.89. The van der Waals surface area contributed by atoms with Crippen LogP contribution in [0.1, 0.15) is 59.4 Å². The molecule has 0 bridgehead atoms. The van der Waals surface area contributed by atoms with Crippen LogP contribution in [0.5, 0.6) is 0 Å². The molecule has 0 fully saturated rings. The lowest BCUT2D eigenvalue weighted by atomic mass is 9.95. The van der Waals surface area contributed by atoms with Crippen molar-refractivity contribution >= 4 is 11.6 Å². The summed E-state index contributed by atoms with van der Waals surface area (Å²) in [6, 6.07) is 0. The first-order valence-corrected chi connectivity index (χ1v) is 6.89. The van der Waals surface area contributed by atoms with Crippen molar-refractivity contribution in [3.63, 3.8) is 0 Å². The van der Waals surface area contributed by atoms with Gasteiger partial charge in [-0.3, -0.25) is 0 Å². The molecule has 0 atom stereocenters. The molecule has 0 unspecified atom stereocenters. The molecule has 1 aromatic rings. The lowest BCUT2D eigenvalue weighted by Crippen LogP contribution is -2.42. The van der Waals surface area contributed by atoms with Gasteiger partial charge in [0.15, 0.2) is 0 Å². The van der Waals surface area contributed by atoms with Gasteiger partial charge in [-0.15, -0.1) is 0 Å². The van der Waals surface area contributed by atoms with E-state index in [4.69, 9.17) is 10.7 Å². The Morgan fingerprint density at radius 1 is 1.11 bits per heavy atom. The number of anilines is 2. The molecule has 0 saturated carbocycles. The van der Waals surface area contributed by atoms with E-state index in [1.807, 2.05) is 6.92 Å². The molecule has 4 heteroatoms. The number of rotatable bonds is 3. The fourth-order valence-corrected chi connectivity index (χ4v) is 1.71. The second-order valence-corrected chi connectivity index (χ2v) is 6.86. The Hall–Kier alpha value is -1.32. The quantitative estimate of drug-likeness (QED) is 0.910. The average Bonchev–Trinajstić information content (AvgIpc) is 2.30. The molecule has 0 aliphatic heterocycles. The summed E-state index contributed by atoms with van der Waals surface area (Å²) in [6.07, 6.45) is 1.04. The summed E-state index contributed by atoms with van der Waals surface area (Å²) in [4.78, 5) is 11.4. The summed E-state index contributed by atoms with van der Waals surface area (Å²) >= 11 is 0. The van der Waals surface area contributed by atoms with Crippen molar-refractivity contribution in [2.24, 2.45) is 0 Å². The Morgan fingerprint density at radius 3 is 2.05 bits per heavy atom. The normalized spacial score (nSPS) is 12.6. The molecule has 0 aromatic carbocycles. The van der Waals surface area contributed by atoms with Gasteiger partial charge < -0.3 is 10.6 Å². The first-order chi connectivity index (χ1) is 8.50. The molecular weight excluding hydrogens is 236 g/mol. The highest BCUT2D eigenvalue weighted by atomic mass is 15.2. The monoisotopic (exact) mass is 264 g/mol. The largest absolute Gasteiger partial charge is 0.383 e.